The van der Waals surface area contributed by atoms with E-state index in [4.69, 9.17) is 19.4 Å². The second-order valence-electron chi connectivity index (χ2n) is 15.0. The maximum Gasteiger partial charge on any atom is 0.164 e. The van der Waals surface area contributed by atoms with Crippen LogP contribution in [0.1, 0.15) is 18.7 Å². The number of furan rings is 1. The van der Waals surface area contributed by atoms with E-state index in [0.717, 1.165) is 68.2 Å². The summed E-state index contributed by atoms with van der Waals surface area (Å²) < 4.78 is 9.08. The number of fused-ring (bicyclic) bond motifs is 9. The summed E-state index contributed by atoms with van der Waals surface area (Å²) in [6.45, 7) is 0. The molecule has 12 rings (SSSR count). The molecule has 4 nitrogen and oxygen atoms in total. The average molecular weight is 760 g/mol. The highest BCUT2D eigenvalue weighted by atomic mass is 32.1. The molecule has 272 valence electrons. The molecule has 0 fully saturated rings. The van der Waals surface area contributed by atoms with Gasteiger partial charge in [0, 0.05) is 47.6 Å². The third-order valence-corrected chi connectivity index (χ3v) is 12.7. The SMILES string of the molecule is C1=CC(c2nc(-c3ccc4c(c3)sc3ccccc34)nc(-c3ccccc3-c3cccc4oc5ccc(-c6cc7ccccc7c7ccccc67)cc5c34)n2)=CCC1. The third-order valence-electron chi connectivity index (χ3n) is 11.6. The normalized spacial score (nSPS) is 13.1. The van der Waals surface area contributed by atoms with E-state index in [1.807, 2.05) is 0 Å². The van der Waals surface area contributed by atoms with Crippen molar-refractivity contribution in [3.05, 3.63) is 182 Å². The van der Waals surface area contributed by atoms with Crippen molar-refractivity contribution in [2.75, 3.05) is 0 Å². The molecule has 0 atom stereocenters. The van der Waals surface area contributed by atoms with Crippen LogP contribution in [0.4, 0.5) is 0 Å². The summed E-state index contributed by atoms with van der Waals surface area (Å²) in [7, 11) is 0. The van der Waals surface area contributed by atoms with Gasteiger partial charge in [-0.1, -0.05) is 140 Å². The Balaban J connectivity index is 1.05. The molecule has 0 saturated carbocycles. The van der Waals surface area contributed by atoms with Gasteiger partial charge in [0.2, 0.25) is 0 Å². The van der Waals surface area contributed by atoms with Crippen molar-refractivity contribution in [1.82, 2.24) is 15.0 Å². The lowest BCUT2D eigenvalue weighted by atomic mass is 9.91. The molecular formula is C53H33N3OS. The van der Waals surface area contributed by atoms with Gasteiger partial charge in [-0.05, 0) is 93.0 Å². The second kappa shape index (κ2) is 13.2. The molecule has 0 saturated heterocycles. The van der Waals surface area contributed by atoms with Crippen LogP contribution >= 0.6 is 11.3 Å². The van der Waals surface area contributed by atoms with Crippen LogP contribution in [0.3, 0.4) is 0 Å². The summed E-state index contributed by atoms with van der Waals surface area (Å²) in [5, 5.41) is 9.63. The smallest absolute Gasteiger partial charge is 0.164 e. The number of rotatable bonds is 5. The van der Waals surface area contributed by atoms with E-state index < -0.39 is 0 Å². The highest BCUT2D eigenvalue weighted by Crippen LogP contribution is 2.43. The van der Waals surface area contributed by atoms with Gasteiger partial charge in [-0.25, -0.2) is 15.0 Å². The fraction of sp³-hybridized carbons (Fsp3) is 0.0377. The minimum absolute atomic E-state index is 0.639. The molecule has 0 aliphatic heterocycles. The maximum atomic E-state index is 6.59. The minimum Gasteiger partial charge on any atom is -0.456 e. The largest absolute Gasteiger partial charge is 0.456 e. The molecule has 0 radical (unpaired) electrons. The van der Waals surface area contributed by atoms with Gasteiger partial charge in [-0.2, -0.15) is 0 Å². The van der Waals surface area contributed by atoms with Crippen molar-refractivity contribution in [1.29, 1.82) is 0 Å². The van der Waals surface area contributed by atoms with E-state index in [9.17, 15) is 0 Å². The van der Waals surface area contributed by atoms with Gasteiger partial charge < -0.3 is 4.42 Å². The van der Waals surface area contributed by atoms with Gasteiger partial charge in [0.05, 0.1) is 0 Å². The molecule has 0 bridgehead atoms. The van der Waals surface area contributed by atoms with Gasteiger partial charge in [-0.3, -0.25) is 0 Å². The molecule has 5 heteroatoms. The van der Waals surface area contributed by atoms with Crippen LogP contribution in [0, 0.1) is 0 Å². The minimum atomic E-state index is 0.639. The molecule has 58 heavy (non-hydrogen) atoms. The number of hydrogen-bond donors (Lipinski definition) is 0. The summed E-state index contributed by atoms with van der Waals surface area (Å²) in [4.78, 5) is 15.6. The highest BCUT2D eigenvalue weighted by molar-refractivity contribution is 7.25. The predicted molar refractivity (Wildman–Crippen MR) is 243 cm³/mol. The first-order valence-corrected chi connectivity index (χ1v) is 20.6. The molecule has 0 spiro atoms. The summed E-state index contributed by atoms with van der Waals surface area (Å²) in [6, 6.07) is 56.3. The van der Waals surface area contributed by atoms with Crippen LogP contribution in [0.15, 0.2) is 180 Å². The molecular weight excluding hydrogens is 727 g/mol. The van der Waals surface area contributed by atoms with E-state index in [-0.39, 0.29) is 0 Å². The summed E-state index contributed by atoms with van der Waals surface area (Å²) in [5.74, 6) is 1.98. The first-order valence-electron chi connectivity index (χ1n) is 19.7. The Morgan fingerprint density at radius 1 is 0.431 bits per heavy atom. The lowest BCUT2D eigenvalue weighted by molar-refractivity contribution is 0.669. The third kappa shape index (κ3) is 5.32. The molecule has 0 amide bonds. The van der Waals surface area contributed by atoms with Crippen molar-refractivity contribution in [3.63, 3.8) is 0 Å². The average Bonchev–Trinajstić information content (AvgIpc) is 3.87. The van der Waals surface area contributed by atoms with E-state index in [1.165, 1.54) is 47.3 Å². The standard InChI is InChI=1S/C53H33N3OS/c1-2-13-32(14-3-1)51-54-52(35-25-27-41-40-20-10-11-24-48(40)58-49(41)31-35)56-53(55-51)43-21-9-8-19-39(43)42-22-12-23-47-50(42)45-30-34(26-28-46(45)57-47)44-29-33-15-4-5-16-36(33)37-17-6-7-18-38(37)44/h2,4-31H,1,3H2. The van der Waals surface area contributed by atoms with Crippen LogP contribution in [-0.2, 0) is 0 Å². The van der Waals surface area contributed by atoms with Crippen LogP contribution in [-0.4, -0.2) is 15.0 Å². The Labute approximate surface area is 338 Å². The van der Waals surface area contributed by atoms with Gasteiger partial charge in [-0.15, -0.1) is 11.3 Å². The van der Waals surface area contributed by atoms with Crippen molar-refractivity contribution >= 4 is 80.6 Å². The van der Waals surface area contributed by atoms with Crippen LogP contribution < -0.4 is 0 Å². The highest BCUT2D eigenvalue weighted by Gasteiger charge is 2.21. The van der Waals surface area contributed by atoms with Crippen LogP contribution in [0.2, 0.25) is 0 Å². The quantitative estimate of drug-likeness (QED) is 0.164. The number of hydrogen-bond acceptors (Lipinski definition) is 5. The Hall–Kier alpha value is -7.21. The van der Waals surface area contributed by atoms with Crippen molar-refractivity contribution in [2.24, 2.45) is 0 Å². The Kier molecular flexibility index (Phi) is 7.50. The van der Waals surface area contributed by atoms with Gasteiger partial charge >= 0.3 is 0 Å². The molecule has 3 aromatic heterocycles. The summed E-state index contributed by atoms with van der Waals surface area (Å²) >= 11 is 1.80. The topological polar surface area (TPSA) is 51.8 Å². The predicted octanol–water partition coefficient (Wildman–Crippen LogP) is 14.8. The monoisotopic (exact) mass is 759 g/mol. The Morgan fingerprint density at radius 2 is 1.16 bits per heavy atom. The number of allylic oxidation sites excluding steroid dienone is 4. The zero-order chi connectivity index (χ0) is 38.2. The number of aromatic nitrogens is 3. The summed E-state index contributed by atoms with van der Waals surface area (Å²) in [6.07, 6.45) is 8.55. The van der Waals surface area contributed by atoms with Crippen molar-refractivity contribution < 1.29 is 4.42 Å². The molecule has 1 aliphatic rings. The first-order chi connectivity index (χ1) is 28.7. The van der Waals surface area contributed by atoms with Gasteiger partial charge in [0.15, 0.2) is 17.5 Å². The summed E-state index contributed by atoms with van der Waals surface area (Å²) in [5.41, 5.74) is 9.08. The van der Waals surface area contributed by atoms with Crippen LogP contribution in [0.5, 0.6) is 0 Å². The number of nitrogens with zero attached hydrogens (tertiary/aromatic N) is 3. The fourth-order valence-electron chi connectivity index (χ4n) is 8.82. The molecule has 8 aromatic carbocycles. The van der Waals surface area contributed by atoms with Crippen molar-refractivity contribution in [3.8, 4) is 45.0 Å². The molecule has 0 N–H and O–H groups in total. The molecule has 1 aliphatic carbocycles. The number of benzene rings is 8. The van der Waals surface area contributed by atoms with Crippen molar-refractivity contribution in [2.45, 2.75) is 12.8 Å². The van der Waals surface area contributed by atoms with Gasteiger partial charge in [0.1, 0.15) is 11.2 Å². The Morgan fingerprint density at radius 3 is 2.05 bits per heavy atom. The van der Waals surface area contributed by atoms with E-state index >= 15 is 0 Å². The zero-order valence-electron chi connectivity index (χ0n) is 31.3. The Bertz CT molecular complexity index is 3530. The lowest BCUT2D eigenvalue weighted by Gasteiger charge is -2.14. The second-order valence-corrected chi connectivity index (χ2v) is 16.1. The van der Waals surface area contributed by atoms with E-state index in [0.29, 0.717) is 17.5 Å². The lowest BCUT2D eigenvalue weighted by Crippen LogP contribution is -2.03. The fourth-order valence-corrected chi connectivity index (χ4v) is 9.97. The van der Waals surface area contributed by atoms with E-state index in [2.05, 4.69) is 176 Å². The van der Waals surface area contributed by atoms with Crippen LogP contribution in [0.25, 0.3) is 114 Å². The maximum absolute atomic E-state index is 6.59. The first kappa shape index (κ1) is 33.0. The van der Waals surface area contributed by atoms with E-state index in [1.54, 1.807) is 11.3 Å². The molecule has 11 aromatic rings. The molecule has 0 unspecified atom stereocenters. The van der Waals surface area contributed by atoms with Gasteiger partial charge in [0.25, 0.3) is 0 Å². The zero-order valence-corrected chi connectivity index (χ0v) is 32.1. The molecule has 3 heterocycles. The number of thiophene rings is 1.